The average Bonchev–Trinajstić information content (AvgIpc) is 2.14. The Bertz CT molecular complexity index is 440. The van der Waals surface area contributed by atoms with Crippen LogP contribution in [0.4, 0.5) is 0 Å². The van der Waals surface area contributed by atoms with Crippen LogP contribution in [0.15, 0.2) is 0 Å². The molecule has 0 unspecified atom stereocenters. The lowest BCUT2D eigenvalue weighted by atomic mass is 9.67. The first-order chi connectivity index (χ1) is 7.87. The molecule has 2 aliphatic rings. The highest BCUT2D eigenvalue weighted by Gasteiger charge is 2.49. The molecule has 5 nitrogen and oxygen atoms in total. The fourth-order valence-electron chi connectivity index (χ4n) is 2.31. The molecule has 7 heteroatoms. The van der Waals surface area contributed by atoms with Crippen molar-refractivity contribution in [3.63, 3.8) is 0 Å². The van der Waals surface area contributed by atoms with Gasteiger partial charge in [-0.25, -0.2) is 8.42 Å². The van der Waals surface area contributed by atoms with Crippen LogP contribution in [0.5, 0.6) is 0 Å². The zero-order valence-corrected chi connectivity index (χ0v) is 11.1. The summed E-state index contributed by atoms with van der Waals surface area (Å²) in [7, 11) is -2.96. The van der Waals surface area contributed by atoms with E-state index in [4.69, 9.17) is 18.0 Å². The van der Waals surface area contributed by atoms with Gasteiger partial charge in [-0.2, -0.15) is 0 Å². The minimum Gasteiger partial charge on any atom is -0.392 e. The van der Waals surface area contributed by atoms with Crippen molar-refractivity contribution in [2.75, 3.05) is 24.6 Å². The number of hydrogen-bond acceptors (Lipinski definition) is 4. The van der Waals surface area contributed by atoms with Crippen LogP contribution in [-0.2, 0) is 14.6 Å². The number of thiocarbonyl (C=S) groups is 1. The largest absolute Gasteiger partial charge is 0.392 e. The standard InChI is InChI=1S/C10H16N2O3S2/c11-8(16)10(2-1-3-10)9(13)12-4-6-17(14,15)7-5-12/h1-7H2,(H2,11,16). The molecule has 1 aliphatic heterocycles. The van der Waals surface area contributed by atoms with E-state index in [1.54, 1.807) is 4.90 Å². The molecular formula is C10H16N2O3S2. The van der Waals surface area contributed by atoms with Crippen LogP contribution in [0.2, 0.25) is 0 Å². The predicted molar refractivity (Wildman–Crippen MR) is 68.3 cm³/mol. The molecule has 0 atom stereocenters. The summed E-state index contributed by atoms with van der Waals surface area (Å²) in [6.07, 6.45) is 2.35. The third-order valence-corrected chi connectivity index (χ3v) is 5.72. The molecule has 0 radical (unpaired) electrons. The molecule has 0 aromatic heterocycles. The Labute approximate surface area is 106 Å². The monoisotopic (exact) mass is 276 g/mol. The van der Waals surface area contributed by atoms with E-state index in [9.17, 15) is 13.2 Å². The molecule has 1 saturated heterocycles. The van der Waals surface area contributed by atoms with Crippen molar-refractivity contribution in [2.24, 2.45) is 11.1 Å². The second kappa shape index (κ2) is 4.20. The highest BCUT2D eigenvalue weighted by atomic mass is 32.2. The van der Waals surface area contributed by atoms with Crippen molar-refractivity contribution in [1.82, 2.24) is 4.90 Å². The maximum Gasteiger partial charge on any atom is 0.235 e. The molecule has 0 aromatic carbocycles. The molecule has 0 bridgehead atoms. The molecule has 2 rings (SSSR count). The van der Waals surface area contributed by atoms with Crippen molar-refractivity contribution in [1.29, 1.82) is 0 Å². The van der Waals surface area contributed by atoms with E-state index in [0.29, 0.717) is 12.8 Å². The van der Waals surface area contributed by atoms with Gasteiger partial charge in [-0.3, -0.25) is 4.79 Å². The fourth-order valence-corrected chi connectivity index (χ4v) is 3.81. The Morgan fingerprint density at radius 1 is 1.24 bits per heavy atom. The molecule has 2 fully saturated rings. The summed E-state index contributed by atoms with van der Waals surface area (Å²) in [6, 6.07) is 0. The zero-order valence-electron chi connectivity index (χ0n) is 9.52. The van der Waals surface area contributed by atoms with Gasteiger partial charge in [-0.15, -0.1) is 0 Å². The van der Waals surface area contributed by atoms with Gasteiger partial charge in [-0.1, -0.05) is 18.6 Å². The van der Waals surface area contributed by atoms with Crippen LogP contribution < -0.4 is 5.73 Å². The van der Waals surface area contributed by atoms with Crippen LogP contribution >= 0.6 is 12.2 Å². The number of amides is 1. The number of carbonyl (C=O) groups is 1. The summed E-state index contributed by atoms with van der Waals surface area (Å²) in [4.78, 5) is 14.2. The summed E-state index contributed by atoms with van der Waals surface area (Å²) in [5.41, 5.74) is 4.98. The summed E-state index contributed by atoms with van der Waals surface area (Å²) in [6.45, 7) is 0.539. The molecule has 1 aliphatic carbocycles. The van der Waals surface area contributed by atoms with Gasteiger partial charge in [0.2, 0.25) is 5.91 Å². The summed E-state index contributed by atoms with van der Waals surface area (Å²) in [5.74, 6) is 0.0179. The number of hydrogen-bond donors (Lipinski definition) is 1. The predicted octanol–water partition coefficient (Wildman–Crippen LogP) is -0.300. The first kappa shape index (κ1) is 12.8. The van der Waals surface area contributed by atoms with Crippen molar-refractivity contribution in [2.45, 2.75) is 19.3 Å². The van der Waals surface area contributed by atoms with E-state index in [1.807, 2.05) is 0 Å². The van der Waals surface area contributed by atoms with Gasteiger partial charge in [0.1, 0.15) is 0 Å². The van der Waals surface area contributed by atoms with Crippen molar-refractivity contribution >= 4 is 33.0 Å². The smallest absolute Gasteiger partial charge is 0.235 e. The first-order valence-corrected chi connectivity index (χ1v) is 7.90. The van der Waals surface area contributed by atoms with Gasteiger partial charge in [0, 0.05) is 13.1 Å². The third kappa shape index (κ3) is 2.18. The molecule has 1 saturated carbocycles. The van der Waals surface area contributed by atoms with Gasteiger partial charge < -0.3 is 10.6 Å². The Balaban J connectivity index is 2.09. The van der Waals surface area contributed by atoms with Gasteiger partial charge in [0.25, 0.3) is 0 Å². The minimum atomic E-state index is -2.96. The van der Waals surface area contributed by atoms with Crippen LogP contribution in [0.3, 0.4) is 0 Å². The second-order valence-electron chi connectivity index (χ2n) is 4.74. The van der Waals surface area contributed by atoms with Crippen molar-refractivity contribution in [3.8, 4) is 0 Å². The Kier molecular flexibility index (Phi) is 3.15. The molecule has 1 amide bonds. The zero-order chi connectivity index (χ0) is 12.7. The second-order valence-corrected chi connectivity index (χ2v) is 7.49. The Hall–Kier alpha value is -0.690. The van der Waals surface area contributed by atoms with E-state index in [-0.39, 0.29) is 35.5 Å². The topological polar surface area (TPSA) is 80.5 Å². The van der Waals surface area contributed by atoms with E-state index in [2.05, 4.69) is 0 Å². The summed E-state index contributed by atoms with van der Waals surface area (Å²) < 4.78 is 22.6. The Morgan fingerprint density at radius 3 is 2.12 bits per heavy atom. The minimum absolute atomic E-state index is 0.0478. The summed E-state index contributed by atoms with van der Waals surface area (Å²) >= 11 is 4.98. The van der Waals surface area contributed by atoms with E-state index < -0.39 is 15.3 Å². The lowest BCUT2D eigenvalue weighted by Crippen LogP contribution is -2.57. The van der Waals surface area contributed by atoms with E-state index in [0.717, 1.165) is 6.42 Å². The lowest BCUT2D eigenvalue weighted by molar-refractivity contribution is -0.141. The maximum atomic E-state index is 12.3. The summed E-state index contributed by atoms with van der Waals surface area (Å²) in [5, 5.41) is 0. The van der Waals surface area contributed by atoms with Gasteiger partial charge >= 0.3 is 0 Å². The quantitative estimate of drug-likeness (QED) is 0.700. The molecular weight excluding hydrogens is 260 g/mol. The highest BCUT2D eigenvalue weighted by molar-refractivity contribution is 7.91. The Morgan fingerprint density at radius 2 is 1.76 bits per heavy atom. The van der Waals surface area contributed by atoms with Gasteiger partial charge in [-0.05, 0) is 12.8 Å². The third-order valence-electron chi connectivity index (χ3n) is 3.72. The van der Waals surface area contributed by atoms with Crippen LogP contribution in [0, 0.1) is 5.41 Å². The average molecular weight is 276 g/mol. The van der Waals surface area contributed by atoms with Gasteiger partial charge in [0.15, 0.2) is 9.84 Å². The molecule has 96 valence electrons. The lowest BCUT2D eigenvalue weighted by Gasteiger charge is -2.43. The maximum absolute atomic E-state index is 12.3. The number of nitrogens with two attached hydrogens (primary N) is 1. The van der Waals surface area contributed by atoms with Crippen LogP contribution in [0.25, 0.3) is 0 Å². The molecule has 0 spiro atoms. The SMILES string of the molecule is NC(=S)C1(C(=O)N2CCS(=O)(=O)CC2)CCC1. The molecule has 0 aromatic rings. The molecule has 2 N–H and O–H groups in total. The fraction of sp³-hybridized carbons (Fsp3) is 0.800. The number of carbonyl (C=O) groups excluding carboxylic acids is 1. The van der Waals surface area contributed by atoms with Crippen molar-refractivity contribution in [3.05, 3.63) is 0 Å². The van der Waals surface area contributed by atoms with Gasteiger partial charge in [0.05, 0.1) is 21.9 Å². The number of sulfone groups is 1. The van der Waals surface area contributed by atoms with E-state index >= 15 is 0 Å². The molecule has 1 heterocycles. The highest BCUT2D eigenvalue weighted by Crippen LogP contribution is 2.43. The van der Waals surface area contributed by atoms with Crippen LogP contribution in [0.1, 0.15) is 19.3 Å². The first-order valence-electron chi connectivity index (χ1n) is 5.67. The number of nitrogens with zero attached hydrogens (tertiary/aromatic N) is 1. The van der Waals surface area contributed by atoms with E-state index in [1.165, 1.54) is 0 Å². The number of rotatable bonds is 2. The normalized spacial score (nSPS) is 26.0. The van der Waals surface area contributed by atoms with Crippen molar-refractivity contribution < 1.29 is 13.2 Å². The molecule has 17 heavy (non-hydrogen) atoms. The van der Waals surface area contributed by atoms with Crippen LogP contribution in [-0.4, -0.2) is 48.8 Å².